The fourth-order valence-electron chi connectivity index (χ4n) is 2.08. The van der Waals surface area contributed by atoms with E-state index < -0.39 is 0 Å². The molecule has 3 nitrogen and oxygen atoms in total. The maximum atomic E-state index is 4.41. The van der Waals surface area contributed by atoms with Crippen molar-refractivity contribution in [3.63, 3.8) is 0 Å². The molecule has 0 radical (unpaired) electrons. The number of hydrogen-bond donors (Lipinski definition) is 1. The highest BCUT2D eigenvalue weighted by atomic mass is 32.1. The van der Waals surface area contributed by atoms with E-state index in [1.54, 1.807) is 11.3 Å². The zero-order chi connectivity index (χ0) is 13.6. The van der Waals surface area contributed by atoms with Gasteiger partial charge in [-0.2, -0.15) is 5.10 Å². The average Bonchev–Trinajstić information content (AvgIpc) is 3.16. The Morgan fingerprint density at radius 3 is 2.75 bits per heavy atom. The van der Waals surface area contributed by atoms with Crippen molar-refractivity contribution >= 4 is 11.3 Å². The van der Waals surface area contributed by atoms with Gasteiger partial charge in [0, 0.05) is 29.7 Å². The molecule has 4 heteroatoms. The molecule has 2 aromatic heterocycles. The topological polar surface area (TPSA) is 29.9 Å². The highest BCUT2D eigenvalue weighted by Crippen LogP contribution is 2.17. The summed E-state index contributed by atoms with van der Waals surface area (Å²) in [6.45, 7) is 2.75. The van der Waals surface area contributed by atoms with Gasteiger partial charge in [0.25, 0.3) is 0 Å². The molecule has 102 valence electrons. The Morgan fingerprint density at radius 1 is 1.05 bits per heavy atom. The molecule has 0 aliphatic heterocycles. The Labute approximate surface area is 122 Å². The number of aromatic nitrogens is 2. The van der Waals surface area contributed by atoms with Crippen LogP contribution < -0.4 is 5.32 Å². The predicted octanol–water partition coefficient (Wildman–Crippen LogP) is 3.40. The van der Waals surface area contributed by atoms with Gasteiger partial charge in [-0.05, 0) is 17.0 Å². The Balaban J connectivity index is 1.50. The number of rotatable bonds is 6. The van der Waals surface area contributed by atoms with Crippen molar-refractivity contribution in [3.8, 4) is 11.1 Å². The summed E-state index contributed by atoms with van der Waals surface area (Å²) in [7, 11) is 0. The van der Waals surface area contributed by atoms with Crippen LogP contribution in [0.5, 0.6) is 0 Å². The van der Waals surface area contributed by atoms with Gasteiger partial charge in [0.1, 0.15) is 0 Å². The number of benzene rings is 1. The molecular formula is C16H17N3S. The minimum atomic E-state index is 0.887. The Hall–Kier alpha value is -1.91. The average molecular weight is 283 g/mol. The monoisotopic (exact) mass is 283 g/mol. The zero-order valence-corrected chi connectivity index (χ0v) is 12.0. The van der Waals surface area contributed by atoms with E-state index in [0.29, 0.717) is 0 Å². The maximum absolute atomic E-state index is 4.41. The number of nitrogens with zero attached hydrogens (tertiary/aromatic N) is 2. The molecule has 2 heterocycles. The first-order valence-electron chi connectivity index (χ1n) is 6.73. The minimum Gasteiger partial charge on any atom is -0.310 e. The minimum absolute atomic E-state index is 0.887. The third kappa shape index (κ3) is 3.35. The summed E-state index contributed by atoms with van der Waals surface area (Å²) in [4.78, 5) is 1.37. The van der Waals surface area contributed by atoms with E-state index in [9.17, 15) is 0 Å². The molecule has 0 aliphatic rings. The molecule has 0 spiro atoms. The quantitative estimate of drug-likeness (QED) is 0.703. The number of hydrogen-bond acceptors (Lipinski definition) is 3. The summed E-state index contributed by atoms with van der Waals surface area (Å²) in [5, 5.41) is 9.95. The third-order valence-electron chi connectivity index (χ3n) is 3.14. The van der Waals surface area contributed by atoms with Gasteiger partial charge in [-0.1, -0.05) is 36.4 Å². The first-order valence-corrected chi connectivity index (χ1v) is 7.61. The molecular weight excluding hydrogens is 266 g/mol. The molecule has 0 aliphatic carbocycles. The molecule has 0 saturated carbocycles. The lowest BCUT2D eigenvalue weighted by Crippen LogP contribution is -2.19. The molecule has 3 rings (SSSR count). The van der Waals surface area contributed by atoms with E-state index in [1.165, 1.54) is 16.0 Å². The molecule has 1 N–H and O–H groups in total. The van der Waals surface area contributed by atoms with Crippen molar-refractivity contribution in [2.75, 3.05) is 6.54 Å². The van der Waals surface area contributed by atoms with Crippen LogP contribution in [-0.4, -0.2) is 16.3 Å². The summed E-state index contributed by atoms with van der Waals surface area (Å²) in [5.74, 6) is 0. The molecule has 0 unspecified atom stereocenters. The smallest absolute Gasteiger partial charge is 0.0568 e. The van der Waals surface area contributed by atoms with Crippen LogP contribution in [0.1, 0.15) is 4.88 Å². The molecule has 1 aromatic carbocycles. The van der Waals surface area contributed by atoms with E-state index in [0.717, 1.165) is 19.6 Å². The standard InChI is InChI=1S/C16H17N3S/c1-2-5-14(6-3-1)15-11-18-19(13-15)9-8-17-12-16-7-4-10-20-16/h1-7,10-11,13,17H,8-9,12H2. The summed E-state index contributed by atoms with van der Waals surface area (Å²) in [6, 6.07) is 14.6. The second kappa shape index (κ2) is 6.50. The lowest BCUT2D eigenvalue weighted by atomic mass is 10.1. The molecule has 0 atom stereocenters. The molecule has 0 amide bonds. The molecule has 20 heavy (non-hydrogen) atoms. The van der Waals surface area contributed by atoms with Crippen LogP contribution in [0.25, 0.3) is 11.1 Å². The fourth-order valence-corrected chi connectivity index (χ4v) is 2.76. The van der Waals surface area contributed by atoms with Crippen LogP contribution in [-0.2, 0) is 13.1 Å². The summed E-state index contributed by atoms with van der Waals surface area (Å²) < 4.78 is 1.99. The van der Waals surface area contributed by atoms with Crippen LogP contribution in [0.3, 0.4) is 0 Å². The largest absolute Gasteiger partial charge is 0.310 e. The van der Waals surface area contributed by atoms with E-state index >= 15 is 0 Å². The second-order valence-electron chi connectivity index (χ2n) is 4.61. The van der Waals surface area contributed by atoms with Gasteiger partial charge in [0.2, 0.25) is 0 Å². The van der Waals surface area contributed by atoms with E-state index in [4.69, 9.17) is 0 Å². The van der Waals surface area contributed by atoms with Gasteiger partial charge in [0.15, 0.2) is 0 Å². The van der Waals surface area contributed by atoms with Crippen molar-refractivity contribution < 1.29 is 0 Å². The van der Waals surface area contributed by atoms with Crippen LogP contribution in [0.15, 0.2) is 60.2 Å². The van der Waals surface area contributed by atoms with Crippen molar-refractivity contribution in [2.45, 2.75) is 13.1 Å². The predicted molar refractivity (Wildman–Crippen MR) is 83.7 cm³/mol. The number of thiophene rings is 1. The van der Waals surface area contributed by atoms with Gasteiger partial charge in [-0.25, -0.2) is 0 Å². The van der Waals surface area contributed by atoms with Crippen LogP contribution >= 0.6 is 11.3 Å². The summed E-state index contributed by atoms with van der Waals surface area (Å²) in [5.41, 5.74) is 2.38. The third-order valence-corrected chi connectivity index (χ3v) is 4.01. The Morgan fingerprint density at radius 2 is 1.95 bits per heavy atom. The van der Waals surface area contributed by atoms with Crippen LogP contribution in [0, 0.1) is 0 Å². The molecule has 0 saturated heterocycles. The molecule has 0 bridgehead atoms. The normalized spacial score (nSPS) is 10.8. The fraction of sp³-hybridized carbons (Fsp3) is 0.188. The number of nitrogens with one attached hydrogen (secondary N) is 1. The first-order chi connectivity index (χ1) is 9.92. The van der Waals surface area contributed by atoms with Crippen molar-refractivity contribution in [3.05, 3.63) is 65.1 Å². The Kier molecular flexibility index (Phi) is 4.25. The van der Waals surface area contributed by atoms with Crippen molar-refractivity contribution in [1.29, 1.82) is 0 Å². The van der Waals surface area contributed by atoms with Gasteiger partial charge in [-0.15, -0.1) is 11.3 Å². The van der Waals surface area contributed by atoms with E-state index in [-0.39, 0.29) is 0 Å². The zero-order valence-electron chi connectivity index (χ0n) is 11.2. The van der Waals surface area contributed by atoms with Crippen molar-refractivity contribution in [1.82, 2.24) is 15.1 Å². The molecule has 3 aromatic rings. The lowest BCUT2D eigenvalue weighted by Gasteiger charge is -2.03. The van der Waals surface area contributed by atoms with Gasteiger partial charge >= 0.3 is 0 Å². The lowest BCUT2D eigenvalue weighted by molar-refractivity contribution is 0.557. The highest BCUT2D eigenvalue weighted by Gasteiger charge is 2.00. The van der Waals surface area contributed by atoms with E-state index in [2.05, 4.69) is 58.4 Å². The maximum Gasteiger partial charge on any atom is 0.0568 e. The highest BCUT2D eigenvalue weighted by molar-refractivity contribution is 7.09. The summed E-state index contributed by atoms with van der Waals surface area (Å²) >= 11 is 1.79. The van der Waals surface area contributed by atoms with Crippen LogP contribution in [0.4, 0.5) is 0 Å². The van der Waals surface area contributed by atoms with E-state index in [1.807, 2.05) is 16.9 Å². The van der Waals surface area contributed by atoms with Gasteiger partial charge < -0.3 is 5.32 Å². The summed E-state index contributed by atoms with van der Waals surface area (Å²) in [6.07, 6.45) is 4.02. The van der Waals surface area contributed by atoms with Gasteiger partial charge in [0.05, 0.1) is 12.7 Å². The second-order valence-corrected chi connectivity index (χ2v) is 5.65. The van der Waals surface area contributed by atoms with Gasteiger partial charge in [-0.3, -0.25) is 4.68 Å². The Bertz CT molecular complexity index is 629. The van der Waals surface area contributed by atoms with Crippen LogP contribution in [0.2, 0.25) is 0 Å². The molecule has 0 fully saturated rings. The van der Waals surface area contributed by atoms with Crippen molar-refractivity contribution in [2.24, 2.45) is 0 Å². The SMILES string of the molecule is c1ccc(-c2cnn(CCNCc3cccs3)c2)cc1. The first kappa shape index (κ1) is 13.1.